The van der Waals surface area contributed by atoms with Gasteiger partial charge in [-0.15, -0.1) is 0 Å². The molecule has 0 aromatic heterocycles. The smallest absolute Gasteiger partial charge is 0.115 e. The summed E-state index contributed by atoms with van der Waals surface area (Å²) in [6.45, 7) is 2.99. The molecule has 2 fully saturated rings. The maximum Gasteiger partial charge on any atom is 0.115 e. The Morgan fingerprint density at radius 3 is 2.95 bits per heavy atom. The Kier molecular flexibility index (Phi) is 2.89. The molecule has 1 aromatic carbocycles. The summed E-state index contributed by atoms with van der Waals surface area (Å²) in [5.41, 5.74) is 2.40. The Balaban J connectivity index is 1.72. The quantitative estimate of drug-likeness (QED) is 0.771. The van der Waals surface area contributed by atoms with Crippen molar-refractivity contribution in [1.29, 1.82) is 0 Å². The average molecular weight is 288 g/mol. The average Bonchev–Trinajstić information content (AvgIpc) is 2.75. The number of hydrogen-bond acceptors (Lipinski definition) is 3. The van der Waals surface area contributed by atoms with Crippen LogP contribution >= 0.6 is 0 Å². The zero-order chi connectivity index (χ0) is 14.7. The van der Waals surface area contributed by atoms with Gasteiger partial charge in [0.15, 0.2) is 0 Å². The van der Waals surface area contributed by atoms with Crippen LogP contribution in [0.3, 0.4) is 0 Å². The first-order valence-electron chi connectivity index (χ1n) is 8.18. The van der Waals surface area contributed by atoms with Crippen LogP contribution in [-0.4, -0.2) is 22.9 Å². The van der Waals surface area contributed by atoms with E-state index in [2.05, 4.69) is 13.0 Å². The van der Waals surface area contributed by atoms with Gasteiger partial charge in [-0.1, -0.05) is 13.0 Å². The lowest BCUT2D eigenvalue weighted by atomic mass is 9.61. The lowest BCUT2D eigenvalue weighted by Crippen LogP contribution is -2.47. The van der Waals surface area contributed by atoms with E-state index in [1.165, 1.54) is 11.1 Å². The van der Waals surface area contributed by atoms with Crippen LogP contribution in [0.15, 0.2) is 18.2 Å². The van der Waals surface area contributed by atoms with E-state index in [1.54, 1.807) is 6.07 Å². The highest BCUT2D eigenvalue weighted by Gasteiger charge is 2.55. The van der Waals surface area contributed by atoms with E-state index < -0.39 is 0 Å². The third-order valence-electron chi connectivity index (χ3n) is 6.46. The molecular weight excluding hydrogens is 264 g/mol. The topological polar surface area (TPSA) is 49.7 Å². The summed E-state index contributed by atoms with van der Waals surface area (Å²) >= 11 is 0. The van der Waals surface area contributed by atoms with Crippen molar-refractivity contribution < 1.29 is 14.9 Å². The summed E-state index contributed by atoms with van der Waals surface area (Å²) in [4.78, 5) is 0. The molecule has 2 N–H and O–H groups in total. The van der Waals surface area contributed by atoms with E-state index in [9.17, 15) is 10.2 Å². The minimum atomic E-state index is -0.185. The maximum atomic E-state index is 10.3. The van der Waals surface area contributed by atoms with Gasteiger partial charge in [0.1, 0.15) is 5.75 Å². The van der Waals surface area contributed by atoms with Gasteiger partial charge in [-0.3, -0.25) is 0 Å². The van der Waals surface area contributed by atoms with Crippen molar-refractivity contribution in [1.82, 2.24) is 0 Å². The second-order valence-electron chi connectivity index (χ2n) is 7.43. The van der Waals surface area contributed by atoms with Gasteiger partial charge in [-0.2, -0.15) is 0 Å². The summed E-state index contributed by atoms with van der Waals surface area (Å²) in [6, 6.07) is 5.74. The largest absolute Gasteiger partial charge is 0.508 e. The number of aliphatic hydroxyl groups is 1. The second-order valence-corrected chi connectivity index (χ2v) is 7.43. The summed E-state index contributed by atoms with van der Waals surface area (Å²) in [6.07, 6.45) is 5.79. The molecule has 21 heavy (non-hydrogen) atoms. The minimum absolute atomic E-state index is 0.0726. The van der Waals surface area contributed by atoms with E-state index in [1.807, 2.05) is 6.07 Å². The van der Waals surface area contributed by atoms with Crippen molar-refractivity contribution in [2.75, 3.05) is 6.61 Å². The molecule has 3 heteroatoms. The molecule has 3 aliphatic rings. The van der Waals surface area contributed by atoms with Crippen molar-refractivity contribution in [2.45, 2.75) is 57.2 Å². The predicted molar refractivity (Wildman–Crippen MR) is 80.1 cm³/mol. The highest BCUT2D eigenvalue weighted by atomic mass is 16.5. The van der Waals surface area contributed by atoms with E-state index in [0.717, 1.165) is 45.1 Å². The molecule has 1 aromatic rings. The van der Waals surface area contributed by atoms with Crippen molar-refractivity contribution in [3.8, 4) is 5.75 Å². The fourth-order valence-electron chi connectivity index (χ4n) is 5.01. The van der Waals surface area contributed by atoms with Gasteiger partial charge in [0.2, 0.25) is 0 Å². The third kappa shape index (κ3) is 1.87. The molecule has 4 rings (SSSR count). The normalized spacial score (nSPS) is 41.8. The van der Waals surface area contributed by atoms with Crippen LogP contribution in [0.2, 0.25) is 0 Å². The lowest BCUT2D eigenvalue weighted by molar-refractivity contribution is -0.132. The van der Waals surface area contributed by atoms with Gasteiger partial charge >= 0.3 is 0 Å². The first-order valence-corrected chi connectivity index (χ1v) is 8.18. The van der Waals surface area contributed by atoms with E-state index >= 15 is 0 Å². The molecule has 0 saturated heterocycles. The molecule has 114 valence electrons. The monoisotopic (exact) mass is 288 g/mol. The molecule has 0 amide bonds. The Hall–Kier alpha value is -1.06. The van der Waals surface area contributed by atoms with Crippen LogP contribution in [0.25, 0.3) is 0 Å². The molecular formula is C18H24O3. The van der Waals surface area contributed by atoms with Gasteiger partial charge in [-0.25, -0.2) is 0 Å². The molecule has 1 heterocycles. The lowest BCUT2D eigenvalue weighted by Gasteiger charge is -2.50. The summed E-state index contributed by atoms with van der Waals surface area (Å²) < 4.78 is 6.30. The molecule has 4 atom stereocenters. The highest BCUT2D eigenvalue weighted by Crippen LogP contribution is 2.59. The zero-order valence-corrected chi connectivity index (χ0v) is 12.6. The Morgan fingerprint density at radius 1 is 1.24 bits per heavy atom. The minimum Gasteiger partial charge on any atom is -0.508 e. The van der Waals surface area contributed by atoms with Crippen LogP contribution in [0, 0.1) is 11.3 Å². The van der Waals surface area contributed by atoms with Crippen LogP contribution in [0.1, 0.15) is 50.2 Å². The molecule has 1 aliphatic heterocycles. The van der Waals surface area contributed by atoms with Crippen LogP contribution in [0.4, 0.5) is 0 Å². The first-order chi connectivity index (χ1) is 10.0. The second kappa shape index (κ2) is 4.47. The number of fused-ring (bicyclic) bond motifs is 3. The van der Waals surface area contributed by atoms with E-state index in [4.69, 9.17) is 4.74 Å². The van der Waals surface area contributed by atoms with Crippen LogP contribution in [-0.2, 0) is 16.8 Å². The molecule has 0 bridgehead atoms. The van der Waals surface area contributed by atoms with E-state index in [-0.39, 0.29) is 17.1 Å². The van der Waals surface area contributed by atoms with Gasteiger partial charge in [0.05, 0.1) is 18.3 Å². The van der Waals surface area contributed by atoms with E-state index in [0.29, 0.717) is 11.7 Å². The van der Waals surface area contributed by atoms with Gasteiger partial charge in [0, 0.05) is 0 Å². The fourth-order valence-corrected chi connectivity index (χ4v) is 5.01. The Labute approximate surface area is 125 Å². The molecule has 1 spiro atoms. The number of phenols is 1. The van der Waals surface area contributed by atoms with Crippen LogP contribution in [0.5, 0.6) is 5.75 Å². The standard InChI is InChI=1S/C18H24O3/c1-17-7-8-18(11-13(17)2-5-16(17)20)15-4-3-14(19)10-12(15)6-9-21-18/h3-4,10,13,16,19-20H,2,5-9,11H2,1H3/t13-,16+,17+,18-/m1/s1. The van der Waals surface area contributed by atoms with Crippen molar-refractivity contribution in [3.05, 3.63) is 29.3 Å². The SMILES string of the molecule is C[C@]12CC[C@]3(C[C@H]1CC[C@@H]2O)OCCc1cc(O)ccc13. The van der Waals surface area contributed by atoms with Crippen molar-refractivity contribution in [3.63, 3.8) is 0 Å². The predicted octanol–water partition coefficient (Wildman–Crippen LogP) is 3.12. The number of hydrogen-bond donors (Lipinski definition) is 2. The molecule has 3 nitrogen and oxygen atoms in total. The molecule has 0 unspecified atom stereocenters. The maximum absolute atomic E-state index is 10.3. The third-order valence-corrected chi connectivity index (χ3v) is 6.46. The first kappa shape index (κ1) is 13.6. The fraction of sp³-hybridized carbons (Fsp3) is 0.667. The van der Waals surface area contributed by atoms with Gasteiger partial charge < -0.3 is 14.9 Å². The zero-order valence-electron chi connectivity index (χ0n) is 12.6. The van der Waals surface area contributed by atoms with Gasteiger partial charge in [0.25, 0.3) is 0 Å². The number of benzene rings is 1. The number of ether oxygens (including phenoxy) is 1. The summed E-state index contributed by atoms with van der Waals surface area (Å²) in [5, 5.41) is 20.1. The van der Waals surface area contributed by atoms with Crippen LogP contribution < -0.4 is 0 Å². The molecule has 0 radical (unpaired) electrons. The van der Waals surface area contributed by atoms with Crippen molar-refractivity contribution >= 4 is 0 Å². The molecule has 2 aliphatic carbocycles. The summed E-state index contributed by atoms with van der Waals surface area (Å²) in [7, 11) is 0. The van der Waals surface area contributed by atoms with Gasteiger partial charge in [-0.05, 0) is 73.1 Å². The highest BCUT2D eigenvalue weighted by molar-refractivity contribution is 5.40. The number of rotatable bonds is 0. The number of aromatic hydroxyl groups is 1. The Bertz CT molecular complexity index is 570. The summed E-state index contributed by atoms with van der Waals surface area (Å²) in [5.74, 6) is 0.892. The number of phenolic OH excluding ortho intramolecular Hbond substituents is 1. The van der Waals surface area contributed by atoms with Crippen molar-refractivity contribution in [2.24, 2.45) is 11.3 Å². The molecule has 2 saturated carbocycles. The Morgan fingerprint density at radius 2 is 2.10 bits per heavy atom. The number of aliphatic hydroxyl groups excluding tert-OH is 1.